The van der Waals surface area contributed by atoms with Crippen LogP contribution in [0.1, 0.15) is 5.56 Å². The number of ether oxygens (including phenoxy) is 2. The van der Waals surface area contributed by atoms with Gasteiger partial charge in [0.1, 0.15) is 5.70 Å². The van der Waals surface area contributed by atoms with E-state index >= 15 is 0 Å². The zero-order valence-electron chi connectivity index (χ0n) is 8.99. The molecule has 0 aliphatic heterocycles. The van der Waals surface area contributed by atoms with Gasteiger partial charge < -0.3 is 15.2 Å². The molecule has 0 atom stereocenters. The fourth-order valence-electron chi connectivity index (χ4n) is 1.14. The van der Waals surface area contributed by atoms with Crippen molar-refractivity contribution >= 4 is 12.0 Å². The maximum atomic E-state index is 13.6. The van der Waals surface area contributed by atoms with E-state index in [1.165, 1.54) is 32.4 Å². The lowest BCUT2D eigenvalue weighted by atomic mass is 10.1. The fourth-order valence-corrected chi connectivity index (χ4v) is 1.14. The quantitative estimate of drug-likeness (QED) is 0.622. The molecule has 0 amide bonds. The molecule has 0 saturated carbocycles. The Morgan fingerprint density at radius 1 is 1.44 bits per heavy atom. The minimum Gasteiger partial charge on any atom is -0.494 e. The van der Waals surface area contributed by atoms with E-state index in [1.807, 2.05) is 0 Å². The molecule has 1 aromatic carbocycles. The maximum Gasteiger partial charge on any atom is 0.353 e. The Morgan fingerprint density at radius 2 is 2.12 bits per heavy atom. The van der Waals surface area contributed by atoms with Crippen LogP contribution in [0.25, 0.3) is 6.08 Å². The lowest BCUT2D eigenvalue weighted by molar-refractivity contribution is -0.136. The largest absolute Gasteiger partial charge is 0.494 e. The molecule has 5 heteroatoms. The lowest BCUT2D eigenvalue weighted by Gasteiger charge is -2.04. The highest BCUT2D eigenvalue weighted by Gasteiger charge is 2.09. The molecule has 4 nitrogen and oxygen atoms in total. The molecule has 16 heavy (non-hydrogen) atoms. The van der Waals surface area contributed by atoms with E-state index in [0.29, 0.717) is 0 Å². The first-order chi connectivity index (χ1) is 7.60. The van der Waals surface area contributed by atoms with Gasteiger partial charge in [0.2, 0.25) is 0 Å². The van der Waals surface area contributed by atoms with Crippen molar-refractivity contribution in [2.45, 2.75) is 0 Å². The maximum absolute atomic E-state index is 13.6. The molecule has 0 aliphatic rings. The van der Waals surface area contributed by atoms with Crippen LogP contribution in [0.2, 0.25) is 0 Å². The molecule has 86 valence electrons. The van der Waals surface area contributed by atoms with Crippen molar-refractivity contribution in [3.8, 4) is 5.75 Å². The highest BCUT2D eigenvalue weighted by atomic mass is 19.1. The molecule has 2 N–H and O–H groups in total. The van der Waals surface area contributed by atoms with Gasteiger partial charge >= 0.3 is 5.97 Å². The summed E-state index contributed by atoms with van der Waals surface area (Å²) in [6, 6.07) is 4.55. The van der Waals surface area contributed by atoms with Gasteiger partial charge in [-0.05, 0) is 12.1 Å². The first kappa shape index (κ1) is 12.0. The summed E-state index contributed by atoms with van der Waals surface area (Å²) in [6.07, 6.45) is 1.20. The molecule has 0 aliphatic carbocycles. The molecule has 0 unspecified atom stereocenters. The van der Waals surface area contributed by atoms with E-state index in [-0.39, 0.29) is 17.0 Å². The number of methoxy groups -OCH3 is 2. The summed E-state index contributed by atoms with van der Waals surface area (Å²) in [5.74, 6) is -1.19. The standard InChI is InChI=1S/C11H12FNO3/c1-15-9-5-3-4-7(10(9)12)6-8(13)11(14)16-2/h3-6H,13H2,1-2H3/b8-6+. The number of hydrogen-bond acceptors (Lipinski definition) is 4. The Bertz CT molecular complexity index is 429. The molecule has 1 aromatic rings. The second-order valence-corrected chi connectivity index (χ2v) is 2.95. The highest BCUT2D eigenvalue weighted by molar-refractivity contribution is 5.92. The molecule has 0 heterocycles. The van der Waals surface area contributed by atoms with Crippen LogP contribution < -0.4 is 10.5 Å². The van der Waals surface area contributed by atoms with Crippen molar-refractivity contribution in [2.75, 3.05) is 14.2 Å². The van der Waals surface area contributed by atoms with Gasteiger partial charge in [0.25, 0.3) is 0 Å². The van der Waals surface area contributed by atoms with Crippen molar-refractivity contribution in [2.24, 2.45) is 5.73 Å². The summed E-state index contributed by atoms with van der Waals surface area (Å²) >= 11 is 0. The number of hydrogen-bond donors (Lipinski definition) is 1. The highest BCUT2D eigenvalue weighted by Crippen LogP contribution is 2.21. The predicted molar refractivity (Wildman–Crippen MR) is 57.1 cm³/mol. The molecular formula is C11H12FNO3. The Kier molecular flexibility index (Phi) is 3.88. The molecule has 0 aromatic heterocycles. The lowest BCUT2D eigenvalue weighted by Crippen LogP contribution is -2.12. The first-order valence-electron chi connectivity index (χ1n) is 4.48. The van der Waals surface area contributed by atoms with Crippen molar-refractivity contribution < 1.29 is 18.7 Å². The van der Waals surface area contributed by atoms with Crippen LogP contribution in [0.5, 0.6) is 5.75 Å². The Labute approximate surface area is 92.5 Å². The summed E-state index contributed by atoms with van der Waals surface area (Å²) in [5.41, 5.74) is 5.40. The van der Waals surface area contributed by atoms with E-state index in [0.717, 1.165) is 0 Å². The third-order valence-electron chi connectivity index (χ3n) is 1.95. The smallest absolute Gasteiger partial charge is 0.353 e. The summed E-state index contributed by atoms with van der Waals surface area (Å²) in [5, 5.41) is 0. The number of benzene rings is 1. The zero-order chi connectivity index (χ0) is 12.1. The molecule has 0 spiro atoms. The SMILES string of the molecule is COC(=O)/C(N)=C\c1cccc(OC)c1F. The van der Waals surface area contributed by atoms with E-state index in [4.69, 9.17) is 10.5 Å². The summed E-state index contributed by atoms with van der Waals surface area (Å²) in [7, 11) is 2.56. The van der Waals surface area contributed by atoms with Gasteiger partial charge in [-0.15, -0.1) is 0 Å². The van der Waals surface area contributed by atoms with Crippen LogP contribution in [0.3, 0.4) is 0 Å². The average molecular weight is 225 g/mol. The summed E-state index contributed by atoms with van der Waals surface area (Å²) in [6.45, 7) is 0. The van der Waals surface area contributed by atoms with Crippen LogP contribution in [0, 0.1) is 5.82 Å². The average Bonchev–Trinajstić information content (AvgIpc) is 2.30. The number of halogens is 1. The second kappa shape index (κ2) is 5.16. The summed E-state index contributed by atoms with van der Waals surface area (Å²) in [4.78, 5) is 11.0. The van der Waals surface area contributed by atoms with Gasteiger partial charge in [0.05, 0.1) is 14.2 Å². The van der Waals surface area contributed by atoms with Crippen molar-refractivity contribution in [3.63, 3.8) is 0 Å². The van der Waals surface area contributed by atoms with E-state index in [9.17, 15) is 9.18 Å². The van der Waals surface area contributed by atoms with Crippen molar-refractivity contribution in [3.05, 3.63) is 35.3 Å². The third-order valence-corrected chi connectivity index (χ3v) is 1.95. The number of carbonyl (C=O) groups excluding carboxylic acids is 1. The first-order valence-corrected chi connectivity index (χ1v) is 4.48. The Balaban J connectivity index is 3.10. The van der Waals surface area contributed by atoms with Crippen LogP contribution in [0.15, 0.2) is 23.9 Å². The molecular weight excluding hydrogens is 213 g/mol. The van der Waals surface area contributed by atoms with Crippen molar-refractivity contribution in [1.29, 1.82) is 0 Å². The molecule has 1 rings (SSSR count). The van der Waals surface area contributed by atoms with E-state index in [1.54, 1.807) is 6.07 Å². The number of nitrogens with two attached hydrogens (primary N) is 1. The monoisotopic (exact) mass is 225 g/mol. The molecule has 0 saturated heterocycles. The Hall–Kier alpha value is -2.04. The number of rotatable bonds is 3. The molecule has 0 radical (unpaired) electrons. The Morgan fingerprint density at radius 3 is 2.69 bits per heavy atom. The summed E-state index contributed by atoms with van der Waals surface area (Å²) < 4.78 is 22.8. The van der Waals surface area contributed by atoms with Crippen LogP contribution in [0.4, 0.5) is 4.39 Å². The third kappa shape index (κ3) is 2.50. The zero-order valence-corrected chi connectivity index (χ0v) is 8.99. The van der Waals surface area contributed by atoms with Crippen LogP contribution in [-0.2, 0) is 9.53 Å². The fraction of sp³-hybridized carbons (Fsp3) is 0.182. The number of carbonyl (C=O) groups is 1. The van der Waals surface area contributed by atoms with Gasteiger partial charge in [-0.2, -0.15) is 0 Å². The van der Waals surface area contributed by atoms with Crippen LogP contribution >= 0.6 is 0 Å². The van der Waals surface area contributed by atoms with Gasteiger partial charge in [0, 0.05) is 5.56 Å². The predicted octanol–water partition coefficient (Wildman–Crippen LogP) is 1.31. The van der Waals surface area contributed by atoms with Crippen LogP contribution in [-0.4, -0.2) is 20.2 Å². The van der Waals surface area contributed by atoms with Gasteiger partial charge in [-0.3, -0.25) is 0 Å². The minimum atomic E-state index is -0.706. The van der Waals surface area contributed by atoms with Gasteiger partial charge in [-0.1, -0.05) is 12.1 Å². The minimum absolute atomic E-state index is 0.0893. The van der Waals surface area contributed by atoms with Gasteiger partial charge in [-0.25, -0.2) is 9.18 Å². The van der Waals surface area contributed by atoms with E-state index < -0.39 is 11.8 Å². The number of esters is 1. The second-order valence-electron chi connectivity index (χ2n) is 2.95. The van der Waals surface area contributed by atoms with Crippen molar-refractivity contribution in [1.82, 2.24) is 0 Å². The molecule has 0 fully saturated rings. The van der Waals surface area contributed by atoms with E-state index in [2.05, 4.69) is 4.74 Å². The topological polar surface area (TPSA) is 61.5 Å². The van der Waals surface area contributed by atoms with Gasteiger partial charge in [0.15, 0.2) is 11.6 Å². The molecule has 0 bridgehead atoms. The normalized spacial score (nSPS) is 11.1.